The smallest absolute Gasteiger partial charge is 0.0262 e. The molecule has 0 radical (unpaired) electrons. The number of benzene rings is 2. The molecule has 0 atom stereocenters. The number of hydrogen-bond donors (Lipinski definition) is 0. The third-order valence-electron chi connectivity index (χ3n) is 1.69. The molecule has 2 aromatic rings. The van der Waals surface area contributed by atoms with E-state index in [1.54, 1.807) is 0 Å². The van der Waals surface area contributed by atoms with Crippen LogP contribution in [0.15, 0.2) is 70.5 Å². The molecule has 0 saturated carbocycles. The quantitative estimate of drug-likeness (QED) is 0.481. The van der Waals surface area contributed by atoms with Crippen molar-refractivity contribution in [2.45, 2.75) is 9.79 Å². The molecule has 13 heavy (non-hydrogen) atoms. The molecular weight excluding hydrogens is 176 g/mol. The van der Waals surface area contributed by atoms with Gasteiger partial charge >= 0.3 is 0 Å². The Bertz CT molecular complexity index is 320. The largest absolute Gasteiger partial charge is 0.0877 e. The summed E-state index contributed by atoms with van der Waals surface area (Å²) in [6.07, 6.45) is 0. The van der Waals surface area contributed by atoms with Gasteiger partial charge in [0, 0.05) is 9.79 Å². The van der Waals surface area contributed by atoms with Crippen LogP contribution < -0.4 is 0 Å². The molecule has 2 aromatic carbocycles. The van der Waals surface area contributed by atoms with Gasteiger partial charge in [-0.1, -0.05) is 60.3 Å². The van der Waals surface area contributed by atoms with Crippen molar-refractivity contribution >= 4 is 11.8 Å². The van der Waals surface area contributed by atoms with Crippen LogP contribution >= 0.6 is 11.8 Å². The Morgan fingerprint density at radius 3 is 1.23 bits per heavy atom. The minimum Gasteiger partial charge on any atom is -0.0877 e. The summed E-state index contributed by atoms with van der Waals surface area (Å²) in [4.78, 5) is 2.89. The molecule has 0 bridgehead atoms. The lowest BCUT2D eigenvalue weighted by Gasteiger charge is -1.69. The molecule has 1 heterocycles. The fourth-order valence-electron chi connectivity index (χ4n) is 0.996. The van der Waals surface area contributed by atoms with Crippen molar-refractivity contribution in [1.82, 2.24) is 0 Å². The summed E-state index contributed by atoms with van der Waals surface area (Å²) < 4.78 is 0. The maximum atomic E-state index is 2.14. The molecule has 0 aromatic heterocycles. The molecule has 1 heteroatoms. The van der Waals surface area contributed by atoms with Crippen molar-refractivity contribution < 1.29 is 0 Å². The molecular formula is C12H10S. The normalized spacial score (nSPS) is 10.8. The van der Waals surface area contributed by atoms with Gasteiger partial charge in [0.2, 0.25) is 0 Å². The Hall–Kier alpha value is -1.21. The van der Waals surface area contributed by atoms with Gasteiger partial charge in [-0.15, -0.1) is 0 Å². The summed E-state index contributed by atoms with van der Waals surface area (Å²) in [7, 11) is 0. The van der Waals surface area contributed by atoms with Gasteiger partial charge in [-0.2, -0.15) is 0 Å². The van der Waals surface area contributed by atoms with Gasteiger partial charge < -0.3 is 0 Å². The molecule has 0 amide bonds. The van der Waals surface area contributed by atoms with Crippen LogP contribution in [0.4, 0.5) is 0 Å². The summed E-state index contributed by atoms with van der Waals surface area (Å²) in [6.45, 7) is 0. The maximum Gasteiger partial charge on any atom is 0.0262 e. The van der Waals surface area contributed by atoms with E-state index < -0.39 is 0 Å². The highest BCUT2D eigenvalue weighted by Gasteiger charge is 2.14. The molecule has 1 aliphatic rings. The Morgan fingerprint density at radius 1 is 0.538 bits per heavy atom. The van der Waals surface area contributed by atoms with Gasteiger partial charge in [0.25, 0.3) is 0 Å². The van der Waals surface area contributed by atoms with Gasteiger partial charge in [-0.3, -0.25) is 0 Å². The van der Waals surface area contributed by atoms with Crippen LogP contribution in [0.25, 0.3) is 0 Å². The fourth-order valence-corrected chi connectivity index (χ4v) is 1.61. The first-order valence-corrected chi connectivity index (χ1v) is 5.05. The van der Waals surface area contributed by atoms with E-state index in [-0.39, 0.29) is 0 Å². The van der Waals surface area contributed by atoms with Gasteiger partial charge in [-0.25, -0.2) is 0 Å². The van der Waals surface area contributed by atoms with E-state index in [1.807, 2.05) is 48.2 Å². The lowest BCUT2D eigenvalue weighted by molar-refractivity contribution is 1.38. The molecule has 0 unspecified atom stereocenters. The number of hydrogen-bond acceptors (Lipinski definition) is 1. The Labute approximate surface area is 82.6 Å². The first kappa shape index (κ1) is 8.39. The van der Waals surface area contributed by atoms with Crippen molar-refractivity contribution in [3.8, 4) is 0 Å². The molecule has 0 spiro atoms. The lowest BCUT2D eigenvalue weighted by atomic mass is 10.4. The van der Waals surface area contributed by atoms with Crippen molar-refractivity contribution in [3.63, 3.8) is 0 Å². The van der Waals surface area contributed by atoms with E-state index in [9.17, 15) is 0 Å². The zero-order valence-corrected chi connectivity index (χ0v) is 8.00. The third-order valence-corrected chi connectivity index (χ3v) is 2.64. The van der Waals surface area contributed by atoms with Gasteiger partial charge in [0.1, 0.15) is 0 Å². The highest BCUT2D eigenvalue weighted by Crippen LogP contribution is 2.47. The number of rotatable bonds is 0. The molecule has 0 fully saturated rings. The van der Waals surface area contributed by atoms with E-state index >= 15 is 0 Å². The number of fused-ring (bicyclic) bond motifs is 1. The minimum absolute atomic E-state index is 1.45. The zero-order chi connectivity index (χ0) is 8.93. The summed E-state index contributed by atoms with van der Waals surface area (Å²) >= 11 is 1.86. The fraction of sp³-hybridized carbons (Fsp3) is 0. The van der Waals surface area contributed by atoms with E-state index in [0.717, 1.165) is 0 Å². The Balaban J connectivity index is 0.000000102. The van der Waals surface area contributed by atoms with E-state index in [2.05, 4.69) is 24.3 Å². The second kappa shape index (κ2) is 4.15. The first-order valence-electron chi connectivity index (χ1n) is 4.24. The van der Waals surface area contributed by atoms with Gasteiger partial charge in [-0.05, 0) is 12.1 Å². The topological polar surface area (TPSA) is 0 Å². The van der Waals surface area contributed by atoms with Crippen LogP contribution in [0, 0.1) is 0 Å². The van der Waals surface area contributed by atoms with Crippen molar-refractivity contribution in [3.05, 3.63) is 60.7 Å². The molecule has 0 saturated heterocycles. The summed E-state index contributed by atoms with van der Waals surface area (Å²) in [5.74, 6) is 0. The highest BCUT2D eigenvalue weighted by molar-refractivity contribution is 8.04. The molecule has 0 N–H and O–H groups in total. The molecule has 64 valence electrons. The molecule has 0 aliphatic carbocycles. The summed E-state index contributed by atoms with van der Waals surface area (Å²) in [6, 6.07) is 20.4. The van der Waals surface area contributed by atoms with Crippen LogP contribution in [0.1, 0.15) is 0 Å². The van der Waals surface area contributed by atoms with Crippen molar-refractivity contribution in [2.75, 3.05) is 0 Å². The molecule has 0 nitrogen and oxygen atoms in total. The van der Waals surface area contributed by atoms with Crippen LogP contribution in [-0.4, -0.2) is 0 Å². The predicted molar refractivity (Wildman–Crippen MR) is 57.0 cm³/mol. The standard InChI is InChI=1S/C6H4S.C6H6/c1-2-4-6-5(3-1)7-6;1-2-4-6-5-3-1/h1-4H;1-6H. The lowest BCUT2D eigenvalue weighted by Crippen LogP contribution is -1.47. The highest BCUT2D eigenvalue weighted by atomic mass is 32.2. The minimum atomic E-state index is 1.45. The second-order valence-electron chi connectivity index (χ2n) is 2.70. The van der Waals surface area contributed by atoms with E-state index in [4.69, 9.17) is 0 Å². The van der Waals surface area contributed by atoms with Crippen LogP contribution in [0.5, 0.6) is 0 Å². The van der Waals surface area contributed by atoms with Crippen molar-refractivity contribution in [1.29, 1.82) is 0 Å². The van der Waals surface area contributed by atoms with E-state index in [0.29, 0.717) is 0 Å². The van der Waals surface area contributed by atoms with Gasteiger partial charge in [0.15, 0.2) is 0 Å². The second-order valence-corrected chi connectivity index (χ2v) is 3.79. The Kier molecular flexibility index (Phi) is 2.68. The van der Waals surface area contributed by atoms with Crippen LogP contribution in [0.2, 0.25) is 0 Å². The first-order chi connectivity index (χ1) is 6.47. The van der Waals surface area contributed by atoms with Gasteiger partial charge in [0.05, 0.1) is 0 Å². The van der Waals surface area contributed by atoms with Crippen LogP contribution in [0.3, 0.4) is 0 Å². The molecule has 1 aliphatic heterocycles. The summed E-state index contributed by atoms with van der Waals surface area (Å²) in [5.41, 5.74) is 0. The van der Waals surface area contributed by atoms with Crippen LogP contribution in [-0.2, 0) is 0 Å². The average molecular weight is 186 g/mol. The maximum absolute atomic E-state index is 2.14. The molecule has 3 rings (SSSR count). The SMILES string of the molecule is c1ccc2c(c1)S2.c1ccccc1. The monoisotopic (exact) mass is 186 g/mol. The zero-order valence-electron chi connectivity index (χ0n) is 7.18. The third kappa shape index (κ3) is 2.63. The predicted octanol–water partition coefficient (Wildman–Crippen LogP) is 3.84. The Morgan fingerprint density at radius 2 is 0.923 bits per heavy atom. The summed E-state index contributed by atoms with van der Waals surface area (Å²) in [5, 5.41) is 0. The average Bonchev–Trinajstić information content (AvgIpc) is 3.00. The van der Waals surface area contributed by atoms with Crippen molar-refractivity contribution in [2.24, 2.45) is 0 Å². The van der Waals surface area contributed by atoms with E-state index in [1.165, 1.54) is 9.79 Å².